The van der Waals surface area contributed by atoms with Gasteiger partial charge in [-0.3, -0.25) is 0 Å². The van der Waals surface area contributed by atoms with Gasteiger partial charge in [0.05, 0.1) is 0 Å². The van der Waals surface area contributed by atoms with Gasteiger partial charge < -0.3 is 9.90 Å². The quantitative estimate of drug-likeness (QED) is 0.457. The number of aliphatic carboxylic acids is 1. The molecule has 2 nitrogen and oxygen atoms in total. The maximum atomic E-state index is 9.26. The first kappa shape index (κ1) is 16.8. The van der Waals surface area contributed by atoms with E-state index < -0.39 is 5.97 Å². The van der Waals surface area contributed by atoms with E-state index >= 15 is 0 Å². The van der Waals surface area contributed by atoms with Crippen LogP contribution in [0.15, 0.2) is 43.0 Å². The zero-order chi connectivity index (χ0) is 10.8. The Hall–Kier alpha value is -0.570. The second kappa shape index (κ2) is 11.5. The summed E-state index contributed by atoms with van der Waals surface area (Å²) in [5.41, 5.74) is 1.33. The molecule has 0 spiro atoms. The van der Waals surface area contributed by atoms with Gasteiger partial charge >= 0.3 is 29.6 Å². The van der Waals surface area contributed by atoms with Crippen LogP contribution in [0.4, 0.5) is 0 Å². The second-order valence-electron chi connectivity index (χ2n) is 2.70. The van der Waals surface area contributed by atoms with Crippen molar-refractivity contribution in [3.63, 3.8) is 0 Å². The van der Waals surface area contributed by atoms with Crippen molar-refractivity contribution < 1.29 is 39.5 Å². The van der Waals surface area contributed by atoms with Gasteiger partial charge in [0.1, 0.15) is 0 Å². The molecule has 1 aromatic rings. The Bertz CT molecular complexity index is 270. The molecule has 0 heterocycles. The fourth-order valence-corrected chi connectivity index (χ4v) is 0.781. The van der Waals surface area contributed by atoms with Gasteiger partial charge in [-0.2, -0.15) is 0 Å². The molecular formula is C12H15NaO2. The third-order valence-electron chi connectivity index (χ3n) is 1.51. The monoisotopic (exact) mass is 214 g/mol. The third kappa shape index (κ3) is 11.4. The molecule has 0 unspecified atom stereocenters. The van der Waals surface area contributed by atoms with Crippen molar-refractivity contribution in [3.8, 4) is 0 Å². The SMILES string of the molecule is C=CCc1ccccc1.CCC(=O)[O-].[Na+]. The number of allylic oxidation sites excluding steroid dienone is 1. The van der Waals surface area contributed by atoms with E-state index in [4.69, 9.17) is 0 Å². The van der Waals surface area contributed by atoms with Crippen molar-refractivity contribution in [2.24, 2.45) is 0 Å². The average molecular weight is 214 g/mol. The Morgan fingerprint density at radius 1 is 1.40 bits per heavy atom. The van der Waals surface area contributed by atoms with Crippen LogP contribution < -0.4 is 34.7 Å². The van der Waals surface area contributed by atoms with Crippen LogP contribution in [0.25, 0.3) is 0 Å². The largest absolute Gasteiger partial charge is 1.00 e. The zero-order valence-corrected chi connectivity index (χ0v) is 11.4. The molecule has 0 radical (unpaired) electrons. The molecule has 76 valence electrons. The van der Waals surface area contributed by atoms with Gasteiger partial charge in [0, 0.05) is 5.97 Å². The van der Waals surface area contributed by atoms with Crippen molar-refractivity contribution in [3.05, 3.63) is 48.6 Å². The van der Waals surface area contributed by atoms with E-state index in [1.54, 1.807) is 0 Å². The van der Waals surface area contributed by atoms with Crippen LogP contribution in [0, 0.1) is 0 Å². The molecule has 1 rings (SSSR count). The Kier molecular flexibility index (Phi) is 12.9. The van der Waals surface area contributed by atoms with Gasteiger partial charge in [-0.1, -0.05) is 43.3 Å². The van der Waals surface area contributed by atoms with Crippen molar-refractivity contribution in [2.45, 2.75) is 19.8 Å². The number of rotatable bonds is 3. The minimum atomic E-state index is -0.995. The molecule has 0 fully saturated rings. The van der Waals surface area contributed by atoms with Gasteiger partial charge in [-0.25, -0.2) is 0 Å². The van der Waals surface area contributed by atoms with Crippen LogP contribution in [0.2, 0.25) is 0 Å². The van der Waals surface area contributed by atoms with Crippen molar-refractivity contribution >= 4 is 5.97 Å². The first-order valence-electron chi connectivity index (χ1n) is 4.55. The fraction of sp³-hybridized carbons (Fsp3) is 0.250. The van der Waals surface area contributed by atoms with E-state index in [0.717, 1.165) is 6.42 Å². The van der Waals surface area contributed by atoms with E-state index in [9.17, 15) is 9.90 Å². The van der Waals surface area contributed by atoms with Gasteiger partial charge in [0.25, 0.3) is 0 Å². The minimum absolute atomic E-state index is 0. The van der Waals surface area contributed by atoms with Gasteiger partial charge in [0.15, 0.2) is 0 Å². The number of carbonyl (C=O) groups excluding carboxylic acids is 1. The summed E-state index contributed by atoms with van der Waals surface area (Å²) < 4.78 is 0. The summed E-state index contributed by atoms with van der Waals surface area (Å²) in [6, 6.07) is 10.3. The molecule has 0 amide bonds. The predicted molar refractivity (Wildman–Crippen MR) is 55.6 cm³/mol. The summed E-state index contributed by atoms with van der Waals surface area (Å²) >= 11 is 0. The number of carboxylic acid groups (broad SMARTS) is 1. The van der Waals surface area contributed by atoms with Crippen LogP contribution in [0.5, 0.6) is 0 Å². The molecule has 0 saturated heterocycles. The standard InChI is InChI=1S/C9H10.C3H6O2.Na/c1-2-6-9-7-4-3-5-8-9;1-2-3(4)5;/h2-5,7-8H,1,6H2;2H2,1H3,(H,4,5);/q;;+1/p-1. The van der Waals surface area contributed by atoms with Crippen LogP contribution in [0.3, 0.4) is 0 Å². The fourth-order valence-electron chi connectivity index (χ4n) is 0.781. The number of carboxylic acids is 1. The zero-order valence-electron chi connectivity index (χ0n) is 9.40. The average Bonchev–Trinajstić information content (AvgIpc) is 2.21. The molecule has 15 heavy (non-hydrogen) atoms. The number of carbonyl (C=O) groups is 1. The van der Waals surface area contributed by atoms with Crippen LogP contribution >= 0.6 is 0 Å². The minimum Gasteiger partial charge on any atom is -0.550 e. The van der Waals surface area contributed by atoms with Gasteiger partial charge in [0.2, 0.25) is 0 Å². The van der Waals surface area contributed by atoms with Crippen LogP contribution in [-0.2, 0) is 11.2 Å². The Morgan fingerprint density at radius 2 is 1.87 bits per heavy atom. The first-order chi connectivity index (χ1) is 6.70. The van der Waals surface area contributed by atoms with Crippen molar-refractivity contribution in [1.82, 2.24) is 0 Å². The van der Waals surface area contributed by atoms with Crippen LogP contribution in [0.1, 0.15) is 18.9 Å². The summed E-state index contributed by atoms with van der Waals surface area (Å²) in [5, 5.41) is 9.26. The van der Waals surface area contributed by atoms with Crippen molar-refractivity contribution in [2.75, 3.05) is 0 Å². The third-order valence-corrected chi connectivity index (χ3v) is 1.51. The molecule has 0 aliphatic rings. The molecular weight excluding hydrogens is 199 g/mol. The molecule has 0 aliphatic heterocycles. The molecule has 0 N–H and O–H groups in total. The topological polar surface area (TPSA) is 40.1 Å². The summed E-state index contributed by atoms with van der Waals surface area (Å²) in [6.45, 7) is 5.19. The van der Waals surface area contributed by atoms with E-state index in [-0.39, 0.29) is 36.0 Å². The molecule has 0 atom stereocenters. The Morgan fingerprint density at radius 3 is 2.20 bits per heavy atom. The molecule has 0 saturated carbocycles. The summed E-state index contributed by atoms with van der Waals surface area (Å²) in [5.74, 6) is -0.995. The second-order valence-corrected chi connectivity index (χ2v) is 2.70. The van der Waals surface area contributed by atoms with Crippen molar-refractivity contribution in [1.29, 1.82) is 0 Å². The van der Waals surface area contributed by atoms with Gasteiger partial charge in [-0.15, -0.1) is 6.58 Å². The van der Waals surface area contributed by atoms with Crippen LogP contribution in [-0.4, -0.2) is 5.97 Å². The molecule has 0 aromatic heterocycles. The first-order valence-corrected chi connectivity index (χ1v) is 4.55. The molecule has 0 aliphatic carbocycles. The number of hydrogen-bond acceptors (Lipinski definition) is 2. The number of hydrogen-bond donors (Lipinski definition) is 0. The maximum absolute atomic E-state index is 9.26. The molecule has 0 bridgehead atoms. The summed E-state index contributed by atoms with van der Waals surface area (Å²) in [7, 11) is 0. The summed E-state index contributed by atoms with van der Waals surface area (Å²) in [6.07, 6.45) is 3.00. The van der Waals surface area contributed by atoms with Gasteiger partial charge in [-0.05, 0) is 18.4 Å². The van der Waals surface area contributed by atoms with E-state index in [1.807, 2.05) is 24.3 Å². The van der Waals surface area contributed by atoms with E-state index in [2.05, 4.69) is 18.7 Å². The molecule has 3 heteroatoms. The summed E-state index contributed by atoms with van der Waals surface area (Å²) in [4.78, 5) is 9.26. The Labute approximate surface area is 113 Å². The van der Waals surface area contributed by atoms with E-state index in [1.165, 1.54) is 12.5 Å². The number of benzene rings is 1. The Balaban J connectivity index is 0. The smallest absolute Gasteiger partial charge is 0.550 e. The molecule has 1 aromatic carbocycles. The predicted octanol–water partition coefficient (Wildman–Crippen LogP) is -1.43. The maximum Gasteiger partial charge on any atom is 1.00 e. The normalized spacial score (nSPS) is 7.80. The van der Waals surface area contributed by atoms with E-state index in [0.29, 0.717) is 0 Å².